The van der Waals surface area contributed by atoms with Crippen LogP contribution in [0.4, 0.5) is 15.3 Å². The highest BCUT2D eigenvalue weighted by Gasteiger charge is 2.63. The Labute approximate surface area is 149 Å². The highest BCUT2D eigenvalue weighted by atomic mass is 16.5. The maximum absolute atomic E-state index is 13.2. The molecule has 3 fully saturated rings. The zero-order valence-corrected chi connectivity index (χ0v) is 14.2. The maximum atomic E-state index is 13.2. The van der Waals surface area contributed by atoms with E-state index in [9.17, 15) is 14.4 Å². The molecule has 0 aliphatic carbocycles. The van der Waals surface area contributed by atoms with Crippen LogP contribution in [0.1, 0.15) is 6.42 Å². The summed E-state index contributed by atoms with van der Waals surface area (Å²) >= 11 is 0. The van der Waals surface area contributed by atoms with Gasteiger partial charge in [-0.1, -0.05) is 36.4 Å². The number of likely N-dealkylation sites (tertiary alicyclic amines) is 1. The number of benzene rings is 2. The van der Waals surface area contributed by atoms with Crippen molar-refractivity contribution in [2.24, 2.45) is 0 Å². The average Bonchev–Trinajstić information content (AvgIpc) is 3.32. The van der Waals surface area contributed by atoms with Gasteiger partial charge in [-0.3, -0.25) is 4.79 Å². The molecule has 2 unspecified atom stereocenters. The predicted octanol–water partition coefficient (Wildman–Crippen LogP) is 2.20. The largest absolute Gasteiger partial charge is 0.453 e. The van der Waals surface area contributed by atoms with E-state index in [2.05, 4.69) is 0 Å². The molecule has 0 radical (unpaired) electrons. The molecule has 3 atom stereocenters. The lowest BCUT2D eigenvalue weighted by Gasteiger charge is -2.33. The molecule has 7 heteroatoms. The molecule has 132 valence electrons. The minimum absolute atomic E-state index is 0.138. The van der Waals surface area contributed by atoms with Crippen LogP contribution >= 0.6 is 0 Å². The number of anilines is 1. The molecule has 0 aromatic heterocycles. The second-order valence-corrected chi connectivity index (χ2v) is 6.89. The molecule has 3 saturated heterocycles. The summed E-state index contributed by atoms with van der Waals surface area (Å²) in [6.07, 6.45) is 0.182. The van der Waals surface area contributed by atoms with E-state index in [4.69, 9.17) is 4.74 Å². The Hall–Kier alpha value is -3.09. The molecule has 5 rings (SSSR count). The van der Waals surface area contributed by atoms with Crippen LogP contribution in [0, 0.1) is 0 Å². The second-order valence-electron chi connectivity index (χ2n) is 6.89. The normalized spacial score (nSPS) is 26.8. The first-order chi connectivity index (χ1) is 12.6. The van der Waals surface area contributed by atoms with Crippen molar-refractivity contribution in [1.29, 1.82) is 0 Å². The van der Waals surface area contributed by atoms with Gasteiger partial charge in [-0.15, -0.1) is 0 Å². The number of amides is 4. The highest BCUT2D eigenvalue weighted by molar-refractivity contribution is 6.25. The Morgan fingerprint density at radius 2 is 1.88 bits per heavy atom. The first-order valence-corrected chi connectivity index (χ1v) is 8.60. The molecule has 3 heterocycles. The van der Waals surface area contributed by atoms with Crippen molar-refractivity contribution in [2.45, 2.75) is 24.5 Å². The Balaban J connectivity index is 1.57. The molecule has 3 aliphatic rings. The summed E-state index contributed by atoms with van der Waals surface area (Å²) in [6, 6.07) is 11.9. The zero-order chi connectivity index (χ0) is 18.0. The minimum atomic E-state index is -0.626. The molecular formula is C19H17N3O4. The summed E-state index contributed by atoms with van der Waals surface area (Å²) in [5, 5.41) is 1.83. The molecule has 2 aromatic carbocycles. The van der Waals surface area contributed by atoms with Crippen LogP contribution in [0.2, 0.25) is 0 Å². The SMILES string of the molecule is COC(=O)N1CC2CC1[C@@H]1C(=O)N(c3cccc4ccccc34)C(=O)N21. The smallest absolute Gasteiger partial charge is 0.409 e. The predicted molar refractivity (Wildman–Crippen MR) is 93.8 cm³/mol. The van der Waals surface area contributed by atoms with Gasteiger partial charge in [-0.2, -0.15) is 0 Å². The third kappa shape index (κ3) is 1.80. The van der Waals surface area contributed by atoms with E-state index in [1.165, 1.54) is 12.0 Å². The Morgan fingerprint density at radius 1 is 1.12 bits per heavy atom. The highest BCUT2D eigenvalue weighted by Crippen LogP contribution is 2.43. The lowest BCUT2D eigenvalue weighted by molar-refractivity contribution is -0.121. The van der Waals surface area contributed by atoms with E-state index in [0.717, 1.165) is 10.8 Å². The summed E-state index contributed by atoms with van der Waals surface area (Å²) in [5.41, 5.74) is 0.594. The van der Waals surface area contributed by atoms with Crippen molar-refractivity contribution in [2.75, 3.05) is 18.6 Å². The van der Waals surface area contributed by atoms with Crippen molar-refractivity contribution in [3.8, 4) is 0 Å². The number of hydrogen-bond acceptors (Lipinski definition) is 4. The standard InChI is InChI=1S/C19H17N3O4/c1-26-19(25)20-10-12-9-15(20)16-17(23)22(18(24)21(12)16)14-8-4-6-11-5-2-3-7-13(11)14/h2-8,12,15-16H,9-10H2,1H3/t12?,15?,16-/m1/s1. The fourth-order valence-corrected chi connectivity index (χ4v) is 4.61. The van der Waals surface area contributed by atoms with E-state index in [0.29, 0.717) is 18.7 Å². The lowest BCUT2D eigenvalue weighted by Crippen LogP contribution is -2.54. The maximum Gasteiger partial charge on any atom is 0.409 e. The van der Waals surface area contributed by atoms with Gasteiger partial charge in [-0.05, 0) is 17.9 Å². The van der Waals surface area contributed by atoms with Crippen molar-refractivity contribution in [1.82, 2.24) is 9.80 Å². The molecule has 2 aromatic rings. The number of carbonyl (C=O) groups is 3. The molecule has 0 spiro atoms. The number of ether oxygens (including phenoxy) is 1. The van der Waals surface area contributed by atoms with E-state index in [1.807, 2.05) is 36.4 Å². The third-order valence-electron chi connectivity index (χ3n) is 5.68. The molecule has 0 saturated carbocycles. The van der Waals surface area contributed by atoms with Crippen LogP contribution in [0.25, 0.3) is 10.8 Å². The summed E-state index contributed by atoms with van der Waals surface area (Å²) in [5.74, 6) is -0.271. The topological polar surface area (TPSA) is 70.2 Å². The van der Waals surface area contributed by atoms with Crippen LogP contribution in [0.15, 0.2) is 42.5 Å². The van der Waals surface area contributed by atoms with Gasteiger partial charge < -0.3 is 14.5 Å². The van der Waals surface area contributed by atoms with Crippen LogP contribution in [0.3, 0.4) is 0 Å². The molecule has 3 aliphatic heterocycles. The summed E-state index contributed by atoms with van der Waals surface area (Å²) in [4.78, 5) is 42.7. The van der Waals surface area contributed by atoms with Crippen LogP contribution in [-0.2, 0) is 9.53 Å². The molecule has 4 amide bonds. The number of rotatable bonds is 1. The lowest BCUT2D eigenvalue weighted by atomic mass is 10.1. The summed E-state index contributed by atoms with van der Waals surface area (Å²) in [6.45, 7) is 0.413. The van der Waals surface area contributed by atoms with E-state index in [1.54, 1.807) is 15.9 Å². The molecule has 0 N–H and O–H groups in total. The van der Waals surface area contributed by atoms with E-state index >= 15 is 0 Å². The number of imide groups is 1. The van der Waals surface area contributed by atoms with Crippen LogP contribution < -0.4 is 4.90 Å². The number of urea groups is 1. The molecular weight excluding hydrogens is 334 g/mol. The van der Waals surface area contributed by atoms with Gasteiger partial charge >= 0.3 is 12.1 Å². The van der Waals surface area contributed by atoms with Gasteiger partial charge in [0.05, 0.1) is 24.9 Å². The Bertz CT molecular complexity index is 953. The van der Waals surface area contributed by atoms with Crippen molar-refractivity contribution in [3.05, 3.63) is 42.5 Å². The fraction of sp³-hybridized carbons (Fsp3) is 0.316. The van der Waals surface area contributed by atoms with Crippen molar-refractivity contribution >= 4 is 34.5 Å². The van der Waals surface area contributed by atoms with E-state index < -0.39 is 12.1 Å². The number of carbonyl (C=O) groups excluding carboxylic acids is 3. The van der Waals surface area contributed by atoms with Crippen LogP contribution in [0.5, 0.6) is 0 Å². The molecule has 26 heavy (non-hydrogen) atoms. The number of methoxy groups -OCH3 is 1. The van der Waals surface area contributed by atoms with Gasteiger partial charge in [-0.25, -0.2) is 14.5 Å². The average molecular weight is 351 g/mol. The molecule has 7 nitrogen and oxygen atoms in total. The van der Waals surface area contributed by atoms with Gasteiger partial charge in [0.2, 0.25) is 0 Å². The number of nitrogens with zero attached hydrogens (tertiary/aromatic N) is 3. The number of piperazine rings is 1. The quantitative estimate of drug-likeness (QED) is 0.739. The first kappa shape index (κ1) is 15.2. The van der Waals surface area contributed by atoms with Gasteiger partial charge in [0.1, 0.15) is 6.04 Å². The van der Waals surface area contributed by atoms with Gasteiger partial charge in [0.25, 0.3) is 5.91 Å². The fourth-order valence-electron chi connectivity index (χ4n) is 4.61. The van der Waals surface area contributed by atoms with Gasteiger partial charge in [0.15, 0.2) is 0 Å². The third-order valence-corrected chi connectivity index (χ3v) is 5.68. The van der Waals surface area contributed by atoms with Crippen molar-refractivity contribution in [3.63, 3.8) is 0 Å². The van der Waals surface area contributed by atoms with Crippen LogP contribution in [-0.4, -0.2) is 59.6 Å². The zero-order valence-electron chi connectivity index (χ0n) is 14.2. The first-order valence-electron chi connectivity index (χ1n) is 8.60. The van der Waals surface area contributed by atoms with Crippen molar-refractivity contribution < 1.29 is 19.1 Å². The molecule has 2 bridgehead atoms. The summed E-state index contributed by atoms with van der Waals surface area (Å²) in [7, 11) is 1.33. The Morgan fingerprint density at radius 3 is 2.69 bits per heavy atom. The Kier molecular flexibility index (Phi) is 3.04. The van der Waals surface area contributed by atoms with E-state index in [-0.39, 0.29) is 24.0 Å². The number of hydrogen-bond donors (Lipinski definition) is 0. The second kappa shape index (κ2) is 5.20. The number of fused-ring (bicyclic) bond motifs is 6. The monoisotopic (exact) mass is 351 g/mol. The van der Waals surface area contributed by atoms with Gasteiger partial charge in [0, 0.05) is 11.9 Å². The summed E-state index contributed by atoms with van der Waals surface area (Å²) < 4.78 is 4.83. The minimum Gasteiger partial charge on any atom is -0.453 e.